The normalized spacial score (nSPS) is 17.2. The van der Waals surface area contributed by atoms with E-state index in [2.05, 4.69) is 9.97 Å². The summed E-state index contributed by atoms with van der Waals surface area (Å²) in [5.41, 5.74) is 7.82. The summed E-state index contributed by atoms with van der Waals surface area (Å²) < 4.78 is 11.7. The number of hydrogen-bond acceptors (Lipinski definition) is 6. The summed E-state index contributed by atoms with van der Waals surface area (Å²) in [4.78, 5) is 8.66. The minimum atomic E-state index is 0.486. The van der Waals surface area contributed by atoms with Crippen molar-refractivity contribution in [3.05, 3.63) is 11.8 Å². The van der Waals surface area contributed by atoms with Gasteiger partial charge in [0, 0.05) is 19.4 Å². The largest absolute Gasteiger partial charge is 0.479 e. The lowest BCUT2D eigenvalue weighted by molar-refractivity contribution is 0.0855. The van der Waals surface area contributed by atoms with Gasteiger partial charge in [0.15, 0.2) is 5.13 Å². The number of rotatable bonds is 2. The number of methoxy groups -OCH3 is 1. The highest BCUT2D eigenvalue weighted by Gasteiger charge is 2.22. The topological polar surface area (TPSA) is 70.3 Å². The molecule has 1 aliphatic rings. The minimum absolute atomic E-state index is 0.486. The van der Waals surface area contributed by atoms with Gasteiger partial charge in [-0.15, -0.1) is 0 Å². The minimum Gasteiger partial charge on any atom is -0.479 e. The van der Waals surface area contributed by atoms with Gasteiger partial charge >= 0.3 is 0 Å². The van der Waals surface area contributed by atoms with Gasteiger partial charge in [0.05, 0.1) is 11.8 Å². The number of nitrogens with two attached hydrogens (primary N) is 1. The van der Waals surface area contributed by atoms with E-state index in [4.69, 9.17) is 15.2 Å². The maximum absolute atomic E-state index is 5.81. The molecule has 0 unspecified atom stereocenters. The molecule has 0 bridgehead atoms. The van der Waals surface area contributed by atoms with E-state index in [1.54, 1.807) is 7.11 Å². The van der Waals surface area contributed by atoms with Crippen LogP contribution in [0, 0.1) is 0 Å². The molecule has 3 rings (SSSR count). The first-order valence-corrected chi connectivity index (χ1v) is 6.78. The van der Waals surface area contributed by atoms with Gasteiger partial charge in [-0.3, -0.25) is 0 Å². The maximum Gasteiger partial charge on any atom is 0.241 e. The van der Waals surface area contributed by atoms with Crippen LogP contribution in [0.15, 0.2) is 6.20 Å². The number of ether oxygens (including phenoxy) is 2. The Morgan fingerprint density at radius 1 is 1.44 bits per heavy atom. The van der Waals surface area contributed by atoms with Crippen LogP contribution in [0.3, 0.4) is 0 Å². The van der Waals surface area contributed by atoms with Crippen LogP contribution in [-0.4, -0.2) is 30.3 Å². The van der Waals surface area contributed by atoms with Gasteiger partial charge in [0.1, 0.15) is 5.52 Å². The zero-order valence-electron chi connectivity index (χ0n) is 10.2. The molecule has 0 atom stereocenters. The zero-order chi connectivity index (χ0) is 12.5. The standard InChI is InChI=1S/C12H15N3O2S/c1-16-11-9-10(18-12(13)15-9)8(6-14-11)7-2-4-17-5-3-7/h6-7H,2-5H2,1H3,(H2,13,15). The molecular weight excluding hydrogens is 250 g/mol. The van der Waals surface area contributed by atoms with Gasteiger partial charge in [0.2, 0.25) is 5.88 Å². The Balaban J connectivity index is 2.11. The average molecular weight is 265 g/mol. The summed E-state index contributed by atoms with van der Waals surface area (Å²) in [7, 11) is 1.60. The Morgan fingerprint density at radius 3 is 2.94 bits per heavy atom. The Morgan fingerprint density at radius 2 is 2.22 bits per heavy atom. The Hall–Kier alpha value is -1.40. The van der Waals surface area contributed by atoms with E-state index in [1.807, 2.05) is 6.20 Å². The van der Waals surface area contributed by atoms with Crippen LogP contribution in [0.25, 0.3) is 10.2 Å². The average Bonchev–Trinajstić information content (AvgIpc) is 2.80. The highest BCUT2D eigenvalue weighted by molar-refractivity contribution is 7.22. The number of hydrogen-bond donors (Lipinski definition) is 1. The first-order valence-electron chi connectivity index (χ1n) is 5.96. The Labute approximate surface area is 109 Å². The second-order valence-corrected chi connectivity index (χ2v) is 5.37. The lowest BCUT2D eigenvalue weighted by Gasteiger charge is -2.22. The summed E-state index contributed by atoms with van der Waals surface area (Å²) in [6.07, 6.45) is 3.95. The van der Waals surface area contributed by atoms with Crippen molar-refractivity contribution in [3.8, 4) is 5.88 Å². The number of nitrogens with zero attached hydrogens (tertiary/aromatic N) is 2. The van der Waals surface area contributed by atoms with Crippen molar-refractivity contribution in [1.29, 1.82) is 0 Å². The zero-order valence-corrected chi connectivity index (χ0v) is 11.0. The summed E-state index contributed by atoms with van der Waals surface area (Å²) in [6, 6.07) is 0. The van der Waals surface area contributed by atoms with Crippen LogP contribution < -0.4 is 10.5 Å². The molecule has 6 heteroatoms. The summed E-state index contributed by atoms with van der Waals surface area (Å²) in [6.45, 7) is 1.62. The molecule has 0 aromatic carbocycles. The maximum atomic E-state index is 5.81. The van der Waals surface area contributed by atoms with Crippen molar-refractivity contribution in [2.24, 2.45) is 0 Å². The van der Waals surface area contributed by atoms with Crippen molar-refractivity contribution >= 4 is 26.7 Å². The number of fused-ring (bicyclic) bond motifs is 1. The number of anilines is 1. The molecule has 96 valence electrons. The van der Waals surface area contributed by atoms with E-state index in [-0.39, 0.29) is 0 Å². The van der Waals surface area contributed by atoms with Gasteiger partial charge in [0.25, 0.3) is 0 Å². The van der Waals surface area contributed by atoms with Gasteiger partial charge in [-0.05, 0) is 24.3 Å². The van der Waals surface area contributed by atoms with Gasteiger partial charge < -0.3 is 15.2 Å². The molecule has 2 aromatic rings. The molecule has 2 N–H and O–H groups in total. The molecule has 0 saturated carbocycles. The molecule has 0 aliphatic carbocycles. The van der Waals surface area contributed by atoms with Gasteiger partial charge in [-0.25, -0.2) is 9.97 Å². The Kier molecular flexibility index (Phi) is 3.05. The third kappa shape index (κ3) is 1.91. The van der Waals surface area contributed by atoms with Gasteiger partial charge in [-0.2, -0.15) is 0 Å². The molecule has 2 aromatic heterocycles. The molecule has 0 amide bonds. The van der Waals surface area contributed by atoms with E-state index in [0.29, 0.717) is 16.9 Å². The van der Waals surface area contributed by atoms with Crippen molar-refractivity contribution in [1.82, 2.24) is 9.97 Å². The van der Waals surface area contributed by atoms with Crippen molar-refractivity contribution in [2.45, 2.75) is 18.8 Å². The smallest absolute Gasteiger partial charge is 0.241 e. The molecule has 0 radical (unpaired) electrons. The van der Waals surface area contributed by atoms with E-state index in [0.717, 1.165) is 36.3 Å². The highest BCUT2D eigenvalue weighted by Crippen LogP contribution is 2.38. The SMILES string of the molecule is COc1ncc(C2CCOCC2)c2sc(N)nc12. The van der Waals surface area contributed by atoms with Crippen LogP contribution in [0.5, 0.6) is 5.88 Å². The third-order valence-electron chi connectivity index (χ3n) is 3.28. The van der Waals surface area contributed by atoms with Crippen molar-refractivity contribution in [2.75, 3.05) is 26.1 Å². The number of thiazole rings is 1. The lowest BCUT2D eigenvalue weighted by Crippen LogP contribution is -2.14. The van der Waals surface area contributed by atoms with Crippen LogP contribution in [0.2, 0.25) is 0 Å². The molecule has 0 spiro atoms. The quantitative estimate of drug-likeness (QED) is 0.901. The van der Waals surface area contributed by atoms with E-state index in [1.165, 1.54) is 16.9 Å². The molecule has 5 nitrogen and oxygen atoms in total. The van der Waals surface area contributed by atoms with E-state index >= 15 is 0 Å². The second kappa shape index (κ2) is 4.70. The van der Waals surface area contributed by atoms with Crippen LogP contribution in [0.1, 0.15) is 24.3 Å². The fraction of sp³-hybridized carbons (Fsp3) is 0.500. The molecule has 18 heavy (non-hydrogen) atoms. The Bertz CT molecular complexity index is 564. The summed E-state index contributed by atoms with van der Waals surface area (Å²) in [5, 5.41) is 0.560. The molecular formula is C12H15N3O2S. The highest BCUT2D eigenvalue weighted by atomic mass is 32.1. The molecule has 1 aliphatic heterocycles. The monoisotopic (exact) mass is 265 g/mol. The lowest BCUT2D eigenvalue weighted by atomic mass is 9.93. The fourth-order valence-corrected chi connectivity index (χ4v) is 3.29. The summed E-state index contributed by atoms with van der Waals surface area (Å²) in [5.74, 6) is 1.04. The first kappa shape index (κ1) is 11.7. The number of nitrogen functional groups attached to an aromatic ring is 1. The van der Waals surface area contributed by atoms with Crippen molar-refractivity contribution in [3.63, 3.8) is 0 Å². The van der Waals surface area contributed by atoms with E-state index < -0.39 is 0 Å². The van der Waals surface area contributed by atoms with E-state index in [9.17, 15) is 0 Å². The summed E-state index contributed by atoms with van der Waals surface area (Å²) >= 11 is 1.51. The fourth-order valence-electron chi connectivity index (χ4n) is 2.37. The van der Waals surface area contributed by atoms with Crippen LogP contribution in [0.4, 0.5) is 5.13 Å². The molecule has 1 saturated heterocycles. The third-order valence-corrected chi connectivity index (χ3v) is 4.22. The number of pyridine rings is 1. The van der Waals surface area contributed by atoms with Crippen molar-refractivity contribution < 1.29 is 9.47 Å². The second-order valence-electron chi connectivity index (χ2n) is 4.34. The van der Waals surface area contributed by atoms with Crippen LogP contribution >= 0.6 is 11.3 Å². The molecule has 3 heterocycles. The number of aromatic nitrogens is 2. The van der Waals surface area contributed by atoms with Crippen LogP contribution in [-0.2, 0) is 4.74 Å². The predicted molar refractivity (Wildman–Crippen MR) is 71.2 cm³/mol. The first-order chi connectivity index (χ1) is 8.79. The predicted octanol–water partition coefficient (Wildman–Crippen LogP) is 2.18. The molecule has 1 fully saturated rings. The van der Waals surface area contributed by atoms with Gasteiger partial charge in [-0.1, -0.05) is 11.3 Å².